The standard InChI is InChI=1S/C23H22N2O6S/c1-24-22(26)16-31-23(27)18-8-5-9-21(14-18)32(28,29)25-19-10-12-20(13-11-19)30-15-17-6-3-2-4-7-17/h2-14,25H,15-16H2,1H3,(H,24,26). The molecule has 0 aromatic heterocycles. The van der Waals surface area contributed by atoms with E-state index in [4.69, 9.17) is 9.47 Å². The Morgan fingerprint density at radius 3 is 2.31 bits per heavy atom. The first-order valence-electron chi connectivity index (χ1n) is 9.65. The average Bonchev–Trinajstić information content (AvgIpc) is 2.82. The van der Waals surface area contributed by atoms with Crippen molar-refractivity contribution in [2.24, 2.45) is 0 Å². The zero-order valence-corrected chi connectivity index (χ0v) is 18.1. The number of benzene rings is 3. The molecule has 3 rings (SSSR count). The number of rotatable bonds is 9. The van der Waals surface area contributed by atoms with Crippen LogP contribution in [0.25, 0.3) is 0 Å². The molecule has 0 unspecified atom stereocenters. The summed E-state index contributed by atoms with van der Waals surface area (Å²) < 4.78 is 38.5. The molecule has 0 atom stereocenters. The molecule has 166 valence electrons. The van der Waals surface area contributed by atoms with E-state index in [1.54, 1.807) is 24.3 Å². The van der Waals surface area contributed by atoms with Gasteiger partial charge in [-0.3, -0.25) is 9.52 Å². The Hall–Kier alpha value is -3.85. The Morgan fingerprint density at radius 2 is 1.62 bits per heavy atom. The maximum absolute atomic E-state index is 12.7. The summed E-state index contributed by atoms with van der Waals surface area (Å²) in [5.74, 6) is -0.678. The molecule has 0 aliphatic heterocycles. The van der Waals surface area contributed by atoms with E-state index in [0.29, 0.717) is 18.0 Å². The van der Waals surface area contributed by atoms with E-state index < -0.39 is 28.5 Å². The second-order valence-electron chi connectivity index (χ2n) is 6.68. The first-order valence-corrected chi connectivity index (χ1v) is 11.1. The normalized spacial score (nSPS) is 10.8. The van der Waals surface area contributed by atoms with E-state index >= 15 is 0 Å². The molecule has 0 spiro atoms. The summed E-state index contributed by atoms with van der Waals surface area (Å²) in [5, 5.41) is 2.32. The van der Waals surface area contributed by atoms with Crippen molar-refractivity contribution in [1.29, 1.82) is 0 Å². The summed E-state index contributed by atoms with van der Waals surface area (Å²) in [5.41, 5.74) is 1.37. The Bertz CT molecular complexity index is 1180. The van der Waals surface area contributed by atoms with Crippen molar-refractivity contribution < 1.29 is 27.5 Å². The highest BCUT2D eigenvalue weighted by Gasteiger charge is 2.18. The van der Waals surface area contributed by atoms with Crippen LogP contribution in [0.15, 0.2) is 83.8 Å². The van der Waals surface area contributed by atoms with Crippen LogP contribution >= 0.6 is 0 Å². The first kappa shape index (κ1) is 22.8. The molecule has 2 N–H and O–H groups in total. The summed E-state index contributed by atoms with van der Waals surface area (Å²) >= 11 is 0. The van der Waals surface area contributed by atoms with E-state index in [-0.39, 0.29) is 10.5 Å². The minimum atomic E-state index is -3.95. The number of sulfonamides is 1. The molecule has 0 saturated carbocycles. The predicted molar refractivity (Wildman–Crippen MR) is 119 cm³/mol. The van der Waals surface area contributed by atoms with Crippen LogP contribution in [-0.2, 0) is 26.2 Å². The van der Waals surface area contributed by atoms with Gasteiger partial charge in [0.15, 0.2) is 6.61 Å². The number of nitrogens with one attached hydrogen (secondary N) is 2. The number of hydrogen-bond donors (Lipinski definition) is 2. The summed E-state index contributed by atoms with van der Waals surface area (Å²) in [6.07, 6.45) is 0. The molecule has 32 heavy (non-hydrogen) atoms. The van der Waals surface area contributed by atoms with Crippen LogP contribution in [0.1, 0.15) is 15.9 Å². The van der Waals surface area contributed by atoms with Gasteiger partial charge < -0.3 is 14.8 Å². The number of carbonyl (C=O) groups excluding carboxylic acids is 2. The van der Waals surface area contributed by atoms with Gasteiger partial charge in [-0.1, -0.05) is 36.4 Å². The van der Waals surface area contributed by atoms with Crippen LogP contribution in [0.5, 0.6) is 5.75 Å². The molecule has 0 bridgehead atoms. The summed E-state index contributed by atoms with van der Waals surface area (Å²) in [4.78, 5) is 23.2. The van der Waals surface area contributed by atoms with Crippen molar-refractivity contribution in [3.8, 4) is 5.75 Å². The molecule has 8 nitrogen and oxygen atoms in total. The lowest BCUT2D eigenvalue weighted by Crippen LogP contribution is -2.25. The van der Waals surface area contributed by atoms with Gasteiger partial charge >= 0.3 is 5.97 Å². The number of anilines is 1. The topological polar surface area (TPSA) is 111 Å². The monoisotopic (exact) mass is 454 g/mol. The third-order valence-electron chi connectivity index (χ3n) is 4.35. The SMILES string of the molecule is CNC(=O)COC(=O)c1cccc(S(=O)(=O)Nc2ccc(OCc3ccccc3)cc2)c1. The number of esters is 1. The van der Waals surface area contributed by atoms with Crippen LogP contribution in [-0.4, -0.2) is 33.9 Å². The van der Waals surface area contributed by atoms with Gasteiger partial charge in [0.25, 0.3) is 15.9 Å². The fourth-order valence-electron chi connectivity index (χ4n) is 2.65. The maximum Gasteiger partial charge on any atom is 0.338 e. The Kier molecular flexibility index (Phi) is 7.45. The molecule has 0 heterocycles. The molecule has 0 saturated heterocycles. The van der Waals surface area contributed by atoms with Gasteiger partial charge in [0.1, 0.15) is 12.4 Å². The van der Waals surface area contributed by atoms with Crippen molar-refractivity contribution in [2.75, 3.05) is 18.4 Å². The van der Waals surface area contributed by atoms with Crippen molar-refractivity contribution in [3.63, 3.8) is 0 Å². The lowest BCUT2D eigenvalue weighted by Gasteiger charge is -2.11. The first-order chi connectivity index (χ1) is 15.4. The van der Waals surface area contributed by atoms with Crippen molar-refractivity contribution in [3.05, 3.63) is 90.0 Å². The quantitative estimate of drug-likeness (QED) is 0.481. The molecule has 3 aromatic carbocycles. The Morgan fingerprint density at radius 1 is 0.906 bits per heavy atom. The van der Waals surface area contributed by atoms with Crippen LogP contribution in [0.3, 0.4) is 0 Å². The van der Waals surface area contributed by atoms with E-state index in [2.05, 4.69) is 10.0 Å². The highest BCUT2D eigenvalue weighted by molar-refractivity contribution is 7.92. The lowest BCUT2D eigenvalue weighted by molar-refractivity contribution is -0.123. The predicted octanol–water partition coefficient (Wildman–Crippen LogP) is 2.97. The summed E-state index contributed by atoms with van der Waals surface area (Å²) in [6, 6.07) is 21.5. The molecule has 0 fully saturated rings. The maximum atomic E-state index is 12.7. The third-order valence-corrected chi connectivity index (χ3v) is 5.73. The number of hydrogen-bond acceptors (Lipinski definition) is 6. The third kappa shape index (κ3) is 6.32. The zero-order valence-electron chi connectivity index (χ0n) is 17.3. The van der Waals surface area contributed by atoms with E-state index in [1.807, 2.05) is 30.3 Å². The Balaban J connectivity index is 1.64. The molecule has 1 amide bonds. The minimum absolute atomic E-state index is 0.0152. The van der Waals surface area contributed by atoms with E-state index in [0.717, 1.165) is 5.56 Å². The minimum Gasteiger partial charge on any atom is -0.489 e. The molecule has 9 heteroatoms. The Labute approximate surface area is 186 Å². The van der Waals surface area contributed by atoms with Crippen LogP contribution < -0.4 is 14.8 Å². The lowest BCUT2D eigenvalue weighted by atomic mass is 10.2. The zero-order chi connectivity index (χ0) is 23.0. The van der Waals surface area contributed by atoms with E-state index in [1.165, 1.54) is 31.3 Å². The van der Waals surface area contributed by atoms with Gasteiger partial charge in [-0.05, 0) is 48.0 Å². The summed E-state index contributed by atoms with van der Waals surface area (Å²) in [7, 11) is -2.54. The van der Waals surface area contributed by atoms with Gasteiger partial charge in [-0.15, -0.1) is 0 Å². The average molecular weight is 455 g/mol. The second-order valence-corrected chi connectivity index (χ2v) is 8.36. The highest BCUT2D eigenvalue weighted by Crippen LogP contribution is 2.21. The largest absolute Gasteiger partial charge is 0.489 e. The van der Waals surface area contributed by atoms with Crippen molar-refractivity contribution in [1.82, 2.24) is 5.32 Å². The van der Waals surface area contributed by atoms with Gasteiger partial charge in [0.2, 0.25) is 0 Å². The van der Waals surface area contributed by atoms with Crippen LogP contribution in [0.4, 0.5) is 5.69 Å². The van der Waals surface area contributed by atoms with Gasteiger partial charge in [-0.25, -0.2) is 13.2 Å². The van der Waals surface area contributed by atoms with Gasteiger partial charge in [0, 0.05) is 12.7 Å². The van der Waals surface area contributed by atoms with Gasteiger partial charge in [-0.2, -0.15) is 0 Å². The number of amides is 1. The number of likely N-dealkylation sites (N-methyl/N-ethyl adjacent to an activating group) is 1. The molecule has 0 aliphatic carbocycles. The molecular formula is C23H22N2O6S. The second kappa shape index (κ2) is 10.5. The molecule has 3 aromatic rings. The smallest absolute Gasteiger partial charge is 0.338 e. The fraction of sp³-hybridized carbons (Fsp3) is 0.130. The van der Waals surface area contributed by atoms with Crippen LogP contribution in [0, 0.1) is 0 Å². The van der Waals surface area contributed by atoms with Crippen LogP contribution in [0.2, 0.25) is 0 Å². The van der Waals surface area contributed by atoms with E-state index in [9.17, 15) is 18.0 Å². The van der Waals surface area contributed by atoms with Crippen molar-refractivity contribution in [2.45, 2.75) is 11.5 Å². The highest BCUT2D eigenvalue weighted by atomic mass is 32.2. The summed E-state index contributed by atoms with van der Waals surface area (Å²) in [6.45, 7) is -0.0576. The molecule has 0 aliphatic rings. The number of carbonyl (C=O) groups is 2. The molecular weight excluding hydrogens is 432 g/mol. The van der Waals surface area contributed by atoms with Gasteiger partial charge in [0.05, 0.1) is 10.5 Å². The fourth-order valence-corrected chi connectivity index (χ4v) is 3.76. The number of ether oxygens (including phenoxy) is 2. The van der Waals surface area contributed by atoms with Crippen molar-refractivity contribution >= 4 is 27.6 Å². The molecule has 0 radical (unpaired) electrons.